The van der Waals surface area contributed by atoms with Gasteiger partial charge in [-0.15, -0.1) is 12.6 Å². The molecule has 0 N–H and O–H groups in total. The van der Waals surface area contributed by atoms with Crippen LogP contribution < -0.4 is 0 Å². The van der Waals surface area contributed by atoms with Crippen LogP contribution in [-0.2, 0) is 0 Å². The zero-order chi connectivity index (χ0) is 15.7. The molecule has 3 rings (SSSR count). The summed E-state index contributed by atoms with van der Waals surface area (Å²) in [4.78, 5) is 0.822. The van der Waals surface area contributed by atoms with Crippen LogP contribution in [0.1, 0.15) is 0 Å². The van der Waals surface area contributed by atoms with Gasteiger partial charge >= 0.3 is 0 Å². The van der Waals surface area contributed by atoms with Gasteiger partial charge in [0.15, 0.2) is 11.6 Å². The molecule has 0 aromatic heterocycles. The summed E-state index contributed by atoms with van der Waals surface area (Å²) in [6.07, 6.45) is 0. The topological polar surface area (TPSA) is 0 Å². The second-order valence-electron chi connectivity index (χ2n) is 4.87. The van der Waals surface area contributed by atoms with E-state index in [4.69, 9.17) is 0 Å². The minimum absolute atomic E-state index is 0.230. The molecule has 0 fully saturated rings. The summed E-state index contributed by atoms with van der Waals surface area (Å²) in [5.41, 5.74) is 2.09. The van der Waals surface area contributed by atoms with Crippen LogP contribution in [-0.4, -0.2) is 0 Å². The molecule has 0 spiro atoms. The fourth-order valence-corrected chi connectivity index (χ4v) is 2.40. The van der Waals surface area contributed by atoms with Crippen molar-refractivity contribution in [1.29, 1.82) is 0 Å². The summed E-state index contributed by atoms with van der Waals surface area (Å²) in [6.45, 7) is 0. The van der Waals surface area contributed by atoms with Crippen molar-refractivity contribution in [2.75, 3.05) is 0 Å². The monoisotopic (exact) mass is 316 g/mol. The van der Waals surface area contributed by atoms with Gasteiger partial charge < -0.3 is 0 Å². The molecule has 22 heavy (non-hydrogen) atoms. The Morgan fingerprint density at radius 3 is 1.77 bits per heavy atom. The molecule has 0 aliphatic rings. The van der Waals surface area contributed by atoms with Crippen molar-refractivity contribution in [3.05, 3.63) is 78.1 Å². The molecule has 0 unspecified atom stereocenters. The van der Waals surface area contributed by atoms with E-state index in [0.717, 1.165) is 22.6 Å². The van der Waals surface area contributed by atoms with E-state index in [1.54, 1.807) is 12.1 Å². The molecule has 0 nitrogen and oxygen atoms in total. The Labute approximate surface area is 131 Å². The van der Waals surface area contributed by atoms with Crippen LogP contribution in [0.2, 0.25) is 0 Å². The largest absolute Gasteiger partial charge is 0.206 e. The molecule has 0 aliphatic heterocycles. The maximum atomic E-state index is 14.3. The Balaban J connectivity index is 2.01. The van der Waals surface area contributed by atoms with Crippen LogP contribution in [0, 0.1) is 17.5 Å². The van der Waals surface area contributed by atoms with Gasteiger partial charge in [-0.3, -0.25) is 0 Å². The maximum absolute atomic E-state index is 14.3. The first-order valence-corrected chi connectivity index (χ1v) is 7.04. The fourth-order valence-electron chi connectivity index (χ4n) is 2.25. The maximum Gasteiger partial charge on any atom is 0.159 e. The molecule has 3 aromatic carbocycles. The summed E-state index contributed by atoms with van der Waals surface area (Å²) >= 11 is 4.21. The molecule has 0 aliphatic carbocycles. The van der Waals surface area contributed by atoms with Gasteiger partial charge in [-0.1, -0.05) is 30.3 Å². The summed E-state index contributed by atoms with van der Waals surface area (Å²) in [5, 5.41) is 0. The molecule has 3 aromatic rings. The van der Waals surface area contributed by atoms with Crippen molar-refractivity contribution in [1.82, 2.24) is 0 Å². The number of rotatable bonds is 2. The second kappa shape index (κ2) is 5.89. The predicted octanol–water partition coefficient (Wildman–Crippen LogP) is 5.73. The number of thiol groups is 1. The highest BCUT2D eigenvalue weighted by atomic mass is 32.1. The van der Waals surface area contributed by atoms with Crippen LogP contribution in [0.5, 0.6) is 0 Å². The fraction of sp³-hybridized carbons (Fsp3) is 0. The molecule has 0 amide bonds. The minimum Gasteiger partial charge on any atom is -0.206 e. The predicted molar refractivity (Wildman–Crippen MR) is 84.4 cm³/mol. The zero-order valence-corrected chi connectivity index (χ0v) is 12.2. The molecule has 0 radical (unpaired) electrons. The van der Waals surface area contributed by atoms with Crippen molar-refractivity contribution in [2.45, 2.75) is 4.90 Å². The third kappa shape index (κ3) is 2.88. The first-order valence-electron chi connectivity index (χ1n) is 6.59. The van der Waals surface area contributed by atoms with E-state index in [9.17, 15) is 13.2 Å². The highest BCUT2D eigenvalue weighted by Gasteiger charge is 2.10. The zero-order valence-electron chi connectivity index (χ0n) is 11.4. The Hall–Kier alpha value is -2.20. The molecular weight excluding hydrogens is 305 g/mol. The molecule has 0 atom stereocenters. The first kappa shape index (κ1) is 14.7. The normalized spacial score (nSPS) is 10.7. The third-order valence-electron chi connectivity index (χ3n) is 3.40. The van der Waals surface area contributed by atoms with Crippen LogP contribution in [0.4, 0.5) is 13.2 Å². The molecule has 0 bridgehead atoms. The SMILES string of the molecule is Fc1ccc(-c2ccc(-c3ccc(S)cc3)cc2F)cc1F. The number of benzene rings is 3. The van der Waals surface area contributed by atoms with Gasteiger partial charge in [0, 0.05) is 10.5 Å². The molecule has 0 heterocycles. The second-order valence-corrected chi connectivity index (χ2v) is 5.39. The van der Waals surface area contributed by atoms with Gasteiger partial charge in [0.1, 0.15) is 5.82 Å². The quantitative estimate of drug-likeness (QED) is 0.574. The Kier molecular flexibility index (Phi) is 3.94. The Bertz CT molecular complexity index is 826. The number of halogens is 3. The number of hydrogen-bond acceptors (Lipinski definition) is 1. The van der Waals surface area contributed by atoms with E-state index in [1.807, 2.05) is 24.3 Å². The lowest BCUT2D eigenvalue weighted by molar-refractivity contribution is 0.509. The van der Waals surface area contributed by atoms with E-state index >= 15 is 0 Å². The third-order valence-corrected chi connectivity index (χ3v) is 3.70. The summed E-state index contributed by atoms with van der Waals surface area (Å²) in [5.74, 6) is -2.43. The lowest BCUT2D eigenvalue weighted by Crippen LogP contribution is -1.89. The van der Waals surface area contributed by atoms with Gasteiger partial charge in [0.25, 0.3) is 0 Å². The van der Waals surface area contributed by atoms with E-state index in [-0.39, 0.29) is 5.56 Å². The van der Waals surface area contributed by atoms with Crippen LogP contribution in [0.15, 0.2) is 65.6 Å². The van der Waals surface area contributed by atoms with Gasteiger partial charge in [0.05, 0.1) is 0 Å². The molecule has 0 saturated carbocycles. The van der Waals surface area contributed by atoms with Gasteiger partial charge in [0.2, 0.25) is 0 Å². The lowest BCUT2D eigenvalue weighted by Gasteiger charge is -2.08. The van der Waals surface area contributed by atoms with E-state index in [0.29, 0.717) is 11.1 Å². The lowest BCUT2D eigenvalue weighted by atomic mass is 9.99. The van der Waals surface area contributed by atoms with Crippen molar-refractivity contribution in [3.63, 3.8) is 0 Å². The van der Waals surface area contributed by atoms with Crippen molar-refractivity contribution < 1.29 is 13.2 Å². The smallest absolute Gasteiger partial charge is 0.159 e. The van der Waals surface area contributed by atoms with Crippen LogP contribution >= 0.6 is 12.6 Å². The van der Waals surface area contributed by atoms with Crippen molar-refractivity contribution in [2.24, 2.45) is 0 Å². The molecule has 0 saturated heterocycles. The van der Waals surface area contributed by atoms with Crippen molar-refractivity contribution >= 4 is 12.6 Å². The Morgan fingerprint density at radius 2 is 1.14 bits per heavy atom. The molecular formula is C18H11F3S. The summed E-state index contributed by atoms with van der Waals surface area (Å²) in [6, 6.07) is 15.3. The average molecular weight is 316 g/mol. The number of hydrogen-bond donors (Lipinski definition) is 1. The van der Waals surface area contributed by atoms with Gasteiger partial charge in [-0.2, -0.15) is 0 Å². The van der Waals surface area contributed by atoms with Crippen LogP contribution in [0.25, 0.3) is 22.3 Å². The first-order chi connectivity index (χ1) is 10.5. The van der Waals surface area contributed by atoms with Gasteiger partial charge in [-0.05, 0) is 47.0 Å². The van der Waals surface area contributed by atoms with E-state index < -0.39 is 17.5 Å². The van der Waals surface area contributed by atoms with E-state index in [1.165, 1.54) is 12.1 Å². The standard InChI is InChI=1S/C18H11F3S/c19-16-8-4-13(10-18(16)21)15-7-3-12(9-17(15)20)11-1-5-14(22)6-2-11/h1-10,22H. The minimum atomic E-state index is -0.995. The van der Waals surface area contributed by atoms with Crippen LogP contribution in [0.3, 0.4) is 0 Å². The Morgan fingerprint density at radius 1 is 0.545 bits per heavy atom. The summed E-state index contributed by atoms with van der Waals surface area (Å²) < 4.78 is 40.5. The molecule has 4 heteroatoms. The highest BCUT2D eigenvalue weighted by Crippen LogP contribution is 2.29. The van der Waals surface area contributed by atoms with E-state index in [2.05, 4.69) is 12.6 Å². The summed E-state index contributed by atoms with van der Waals surface area (Å²) in [7, 11) is 0. The average Bonchev–Trinajstić information content (AvgIpc) is 2.51. The molecule has 110 valence electrons. The highest BCUT2D eigenvalue weighted by molar-refractivity contribution is 7.80. The van der Waals surface area contributed by atoms with Gasteiger partial charge in [-0.25, -0.2) is 13.2 Å². The van der Waals surface area contributed by atoms with Crippen molar-refractivity contribution in [3.8, 4) is 22.3 Å².